The fourth-order valence-corrected chi connectivity index (χ4v) is 4.39. The van der Waals surface area contributed by atoms with Gasteiger partial charge in [0.25, 0.3) is 0 Å². The van der Waals surface area contributed by atoms with Gasteiger partial charge in [0.05, 0.1) is 16.9 Å². The van der Waals surface area contributed by atoms with Gasteiger partial charge in [0.1, 0.15) is 6.33 Å². The van der Waals surface area contributed by atoms with Crippen molar-refractivity contribution in [3.05, 3.63) is 109 Å². The largest absolute Gasteiger partial charge is 0.353 e. The Hall–Kier alpha value is -4.19. The summed E-state index contributed by atoms with van der Waals surface area (Å²) >= 11 is 12.6. The highest BCUT2D eigenvalue weighted by Crippen LogP contribution is 2.38. The molecule has 1 unspecified atom stereocenters. The Bertz CT molecular complexity index is 1520. The van der Waals surface area contributed by atoms with Crippen LogP contribution in [0.25, 0.3) is 0 Å². The predicted molar refractivity (Wildman–Crippen MR) is 151 cm³/mol. The number of halogens is 2. The van der Waals surface area contributed by atoms with Gasteiger partial charge in [-0.3, -0.25) is 10.1 Å². The lowest BCUT2D eigenvalue weighted by atomic mass is 9.91. The highest BCUT2D eigenvalue weighted by atomic mass is 35.5. The van der Waals surface area contributed by atoms with Crippen LogP contribution >= 0.6 is 23.2 Å². The molecular formula is C28H24Cl2N6O2. The molecule has 3 aromatic carbocycles. The zero-order chi connectivity index (χ0) is 27.4. The Morgan fingerprint density at radius 2 is 1.55 bits per heavy atom. The fraction of sp³-hybridized carbons (Fsp3) is 0.179. The summed E-state index contributed by atoms with van der Waals surface area (Å²) in [5.74, 6) is -0.187. The first kappa shape index (κ1) is 26.9. The van der Waals surface area contributed by atoms with Gasteiger partial charge in [-0.25, -0.2) is 9.97 Å². The zero-order valence-electron chi connectivity index (χ0n) is 20.9. The highest BCUT2D eigenvalue weighted by Gasteiger charge is 2.25. The quantitative estimate of drug-likeness (QED) is 0.168. The summed E-state index contributed by atoms with van der Waals surface area (Å²) in [5.41, 5.74) is 4.12. The Labute approximate surface area is 230 Å². The van der Waals surface area contributed by atoms with Crippen molar-refractivity contribution in [2.24, 2.45) is 0 Å². The Morgan fingerprint density at radius 3 is 2.13 bits per heavy atom. The van der Waals surface area contributed by atoms with E-state index < -0.39 is 10.8 Å². The van der Waals surface area contributed by atoms with Crippen LogP contribution in [0.15, 0.2) is 67.0 Å². The molecule has 0 amide bonds. The Balaban J connectivity index is 1.66. The Kier molecular flexibility index (Phi) is 8.10. The molecule has 2 N–H and O–H groups in total. The van der Waals surface area contributed by atoms with Gasteiger partial charge in [0.15, 0.2) is 0 Å². The molecule has 0 saturated carbocycles. The predicted octanol–water partition coefficient (Wildman–Crippen LogP) is 8.27. The van der Waals surface area contributed by atoms with Gasteiger partial charge in [0.2, 0.25) is 11.6 Å². The van der Waals surface area contributed by atoms with Crippen molar-refractivity contribution in [3.8, 4) is 6.07 Å². The van der Waals surface area contributed by atoms with Crippen molar-refractivity contribution in [1.29, 1.82) is 5.26 Å². The van der Waals surface area contributed by atoms with Gasteiger partial charge in [-0.15, -0.1) is 0 Å². The van der Waals surface area contributed by atoms with E-state index in [1.807, 2.05) is 31.2 Å². The van der Waals surface area contributed by atoms with E-state index in [4.69, 9.17) is 23.2 Å². The Morgan fingerprint density at radius 1 is 0.947 bits per heavy atom. The van der Waals surface area contributed by atoms with Crippen LogP contribution in [0.3, 0.4) is 0 Å². The topological polar surface area (TPSA) is 117 Å². The first-order valence-corrected chi connectivity index (χ1v) is 12.5. The zero-order valence-corrected chi connectivity index (χ0v) is 22.4. The van der Waals surface area contributed by atoms with E-state index in [1.54, 1.807) is 36.4 Å². The summed E-state index contributed by atoms with van der Waals surface area (Å²) < 4.78 is 0. The van der Waals surface area contributed by atoms with Gasteiger partial charge in [-0.1, -0.05) is 67.4 Å². The number of rotatable bonds is 8. The van der Waals surface area contributed by atoms with Crippen LogP contribution in [-0.4, -0.2) is 14.9 Å². The molecule has 0 radical (unpaired) electrons. The minimum Gasteiger partial charge on any atom is -0.334 e. The molecule has 192 valence electrons. The molecule has 8 nitrogen and oxygen atoms in total. The molecule has 38 heavy (non-hydrogen) atoms. The van der Waals surface area contributed by atoms with Crippen LogP contribution in [0.5, 0.6) is 0 Å². The molecule has 0 saturated heterocycles. The van der Waals surface area contributed by atoms with Crippen molar-refractivity contribution < 1.29 is 4.92 Å². The summed E-state index contributed by atoms with van der Waals surface area (Å²) in [4.78, 5) is 19.7. The number of nitro groups is 1. The van der Waals surface area contributed by atoms with E-state index in [9.17, 15) is 15.4 Å². The molecule has 0 bridgehead atoms. The molecule has 1 atom stereocenters. The normalized spacial score (nSPS) is 11.6. The van der Waals surface area contributed by atoms with Crippen LogP contribution in [0, 0.1) is 28.4 Å². The van der Waals surface area contributed by atoms with Gasteiger partial charge >= 0.3 is 5.69 Å². The molecular weight excluding hydrogens is 523 g/mol. The van der Waals surface area contributed by atoms with Crippen molar-refractivity contribution in [1.82, 2.24) is 9.97 Å². The summed E-state index contributed by atoms with van der Waals surface area (Å²) in [6.45, 7) is 6.00. The number of anilines is 4. The van der Waals surface area contributed by atoms with E-state index in [-0.39, 0.29) is 17.3 Å². The lowest BCUT2D eigenvalue weighted by Crippen LogP contribution is -2.07. The lowest BCUT2D eigenvalue weighted by Gasteiger charge is -2.17. The van der Waals surface area contributed by atoms with Gasteiger partial charge in [-0.05, 0) is 65.4 Å². The SMILES string of the molecule is Cc1cc(C(C#N)c2ccc(Cl)cc2)c(Cl)cc1Nc1ncnc(Nc2ccc(C(C)C)cc2)c1[N+](=O)[O-]. The molecule has 0 spiro atoms. The molecule has 0 fully saturated rings. The first-order chi connectivity index (χ1) is 18.2. The summed E-state index contributed by atoms with van der Waals surface area (Å²) in [7, 11) is 0. The van der Waals surface area contributed by atoms with E-state index in [2.05, 4.69) is 40.5 Å². The summed E-state index contributed by atoms with van der Waals surface area (Å²) in [5, 5.41) is 28.9. The number of hydrogen-bond donors (Lipinski definition) is 2. The second-order valence-electron chi connectivity index (χ2n) is 9.01. The summed E-state index contributed by atoms with van der Waals surface area (Å²) in [6.07, 6.45) is 1.25. The van der Waals surface area contributed by atoms with E-state index in [0.29, 0.717) is 32.9 Å². The number of nitrogens with one attached hydrogen (secondary N) is 2. The van der Waals surface area contributed by atoms with E-state index in [0.717, 1.165) is 16.7 Å². The minimum atomic E-state index is -0.612. The smallest absolute Gasteiger partial charge is 0.334 e. The number of benzene rings is 3. The van der Waals surface area contributed by atoms with Gasteiger partial charge < -0.3 is 10.6 Å². The maximum Gasteiger partial charge on any atom is 0.353 e. The van der Waals surface area contributed by atoms with Crippen LogP contribution in [0.4, 0.5) is 28.7 Å². The average Bonchev–Trinajstić information content (AvgIpc) is 2.88. The van der Waals surface area contributed by atoms with Crippen molar-refractivity contribution >= 4 is 51.9 Å². The molecule has 4 aromatic rings. The van der Waals surface area contributed by atoms with Gasteiger partial charge in [-0.2, -0.15) is 5.26 Å². The third kappa shape index (κ3) is 5.86. The first-order valence-electron chi connectivity index (χ1n) is 11.8. The molecule has 1 aromatic heterocycles. The summed E-state index contributed by atoms with van der Waals surface area (Å²) in [6, 6.07) is 20.3. The van der Waals surface area contributed by atoms with E-state index in [1.165, 1.54) is 6.33 Å². The third-order valence-corrected chi connectivity index (χ3v) is 6.66. The molecule has 0 aliphatic heterocycles. The van der Waals surface area contributed by atoms with Gasteiger partial charge in [0, 0.05) is 21.4 Å². The van der Waals surface area contributed by atoms with Crippen molar-refractivity contribution in [3.63, 3.8) is 0 Å². The maximum absolute atomic E-state index is 12.1. The van der Waals surface area contributed by atoms with Crippen LogP contribution in [-0.2, 0) is 0 Å². The highest BCUT2D eigenvalue weighted by molar-refractivity contribution is 6.32. The maximum atomic E-state index is 12.1. The number of aryl methyl sites for hydroxylation is 1. The second kappa shape index (κ2) is 11.5. The molecule has 4 rings (SSSR count). The number of hydrogen-bond acceptors (Lipinski definition) is 7. The fourth-order valence-electron chi connectivity index (χ4n) is 3.99. The molecule has 10 heteroatoms. The lowest BCUT2D eigenvalue weighted by molar-refractivity contribution is -0.383. The number of nitriles is 1. The standard InChI is InChI=1S/C28H24Cl2N6O2/c1-16(2)18-6-10-21(11-7-18)34-27-26(36(37)38)28(33-15-32-27)35-25-13-24(30)22(12-17(25)3)23(14-31)19-4-8-20(29)9-5-19/h4-13,15-16,23H,1-3H3,(H2,32,33,34,35). The molecule has 0 aliphatic carbocycles. The van der Waals surface area contributed by atoms with Crippen molar-refractivity contribution in [2.45, 2.75) is 32.6 Å². The van der Waals surface area contributed by atoms with Crippen LogP contribution in [0.1, 0.15) is 47.9 Å². The van der Waals surface area contributed by atoms with Crippen LogP contribution < -0.4 is 10.6 Å². The van der Waals surface area contributed by atoms with Crippen molar-refractivity contribution in [2.75, 3.05) is 10.6 Å². The second-order valence-corrected chi connectivity index (χ2v) is 9.85. The molecule has 1 heterocycles. The third-order valence-electron chi connectivity index (χ3n) is 6.09. The molecule has 0 aliphatic rings. The van der Waals surface area contributed by atoms with E-state index >= 15 is 0 Å². The average molecular weight is 547 g/mol. The monoisotopic (exact) mass is 546 g/mol. The van der Waals surface area contributed by atoms with Crippen LogP contribution in [0.2, 0.25) is 10.0 Å². The minimum absolute atomic E-state index is 0.00718. The number of aromatic nitrogens is 2. The number of nitrogens with zero attached hydrogens (tertiary/aromatic N) is 4.